The van der Waals surface area contributed by atoms with Gasteiger partial charge in [0.05, 0.1) is 21.1 Å². The zero-order valence-electron chi connectivity index (χ0n) is 16.6. The van der Waals surface area contributed by atoms with Crippen molar-refractivity contribution in [2.45, 2.75) is 25.9 Å². The molecule has 4 rings (SSSR count). The molecule has 158 valence electrons. The summed E-state index contributed by atoms with van der Waals surface area (Å²) in [6.45, 7) is 2.14. The summed E-state index contributed by atoms with van der Waals surface area (Å²) < 4.78 is 16.1. The number of hydrogen-bond donors (Lipinski definition) is 1. The Balaban J connectivity index is 1.70. The van der Waals surface area contributed by atoms with Crippen molar-refractivity contribution in [3.05, 3.63) is 93.7 Å². The van der Waals surface area contributed by atoms with Gasteiger partial charge in [-0.25, -0.2) is 9.37 Å². The second-order valence-corrected chi connectivity index (χ2v) is 7.98. The average molecular weight is 457 g/mol. The molecule has 0 aliphatic rings. The molecule has 4 aromatic rings. The quantitative estimate of drug-likeness (QED) is 0.425. The fourth-order valence-electron chi connectivity index (χ4n) is 3.46. The summed E-state index contributed by atoms with van der Waals surface area (Å²) in [4.78, 5) is 21.6. The van der Waals surface area contributed by atoms with E-state index in [0.29, 0.717) is 39.0 Å². The van der Waals surface area contributed by atoms with E-state index in [4.69, 9.17) is 23.2 Å². The van der Waals surface area contributed by atoms with Crippen LogP contribution in [0, 0.1) is 5.82 Å². The number of nitrogens with zero attached hydrogens (tertiary/aromatic N) is 3. The first kappa shape index (κ1) is 21.3. The number of carbonyl (C=O) groups excluding carboxylic acids is 1. The molecule has 0 bridgehead atoms. The van der Waals surface area contributed by atoms with Crippen molar-refractivity contribution in [2.24, 2.45) is 0 Å². The molecular weight excluding hydrogens is 438 g/mol. The first-order chi connectivity index (χ1) is 14.9. The van der Waals surface area contributed by atoms with Crippen LogP contribution in [0.3, 0.4) is 0 Å². The highest BCUT2D eigenvalue weighted by atomic mass is 35.5. The van der Waals surface area contributed by atoms with E-state index in [1.165, 1.54) is 6.07 Å². The first-order valence-electron chi connectivity index (χ1n) is 9.70. The van der Waals surface area contributed by atoms with Gasteiger partial charge >= 0.3 is 0 Å². The molecule has 0 aliphatic carbocycles. The number of pyridine rings is 1. The maximum atomic E-state index is 14.3. The van der Waals surface area contributed by atoms with Crippen LogP contribution in [0.1, 0.15) is 29.9 Å². The van der Waals surface area contributed by atoms with Gasteiger partial charge in [0.1, 0.15) is 17.7 Å². The predicted molar refractivity (Wildman–Crippen MR) is 120 cm³/mol. The van der Waals surface area contributed by atoms with Crippen LogP contribution in [-0.2, 0) is 17.8 Å². The maximum absolute atomic E-state index is 14.3. The summed E-state index contributed by atoms with van der Waals surface area (Å²) in [7, 11) is 0. The lowest BCUT2D eigenvalue weighted by atomic mass is 10.1. The van der Waals surface area contributed by atoms with E-state index in [1.54, 1.807) is 54.2 Å². The van der Waals surface area contributed by atoms with Crippen LogP contribution >= 0.6 is 23.2 Å². The predicted octanol–water partition coefficient (Wildman–Crippen LogP) is 5.35. The Morgan fingerprint density at radius 2 is 1.84 bits per heavy atom. The highest BCUT2D eigenvalue weighted by Crippen LogP contribution is 2.31. The number of amides is 1. The summed E-state index contributed by atoms with van der Waals surface area (Å²) in [6, 6.07) is 12.9. The summed E-state index contributed by atoms with van der Waals surface area (Å²) in [6.07, 6.45) is 3.57. The van der Waals surface area contributed by atoms with Gasteiger partial charge in [-0.1, -0.05) is 41.4 Å². The third kappa shape index (κ3) is 4.55. The number of imidazole rings is 1. The van der Waals surface area contributed by atoms with Gasteiger partial charge in [-0.05, 0) is 48.4 Å². The second-order valence-electron chi connectivity index (χ2n) is 7.17. The second kappa shape index (κ2) is 9.04. The van der Waals surface area contributed by atoms with Gasteiger partial charge in [0, 0.05) is 25.4 Å². The Morgan fingerprint density at radius 3 is 2.58 bits per heavy atom. The standard InChI is InChI=1S/C23H19Cl2FN4O/c1-14(23(31)28-13-15-6-8-27-9-7-15)30-21-12-18(25)17(24)11-20(21)29-22(30)10-16-4-2-3-5-19(16)26/h2-9,11-12,14H,10,13H2,1H3,(H,28,31)/t14-/m1/s1. The third-order valence-electron chi connectivity index (χ3n) is 5.09. The van der Waals surface area contributed by atoms with E-state index in [9.17, 15) is 9.18 Å². The Labute approximate surface area is 188 Å². The van der Waals surface area contributed by atoms with Crippen molar-refractivity contribution in [3.63, 3.8) is 0 Å². The zero-order valence-corrected chi connectivity index (χ0v) is 18.2. The number of aromatic nitrogens is 3. The molecule has 1 amide bonds. The van der Waals surface area contributed by atoms with E-state index in [2.05, 4.69) is 15.3 Å². The van der Waals surface area contributed by atoms with E-state index in [-0.39, 0.29) is 18.1 Å². The third-order valence-corrected chi connectivity index (χ3v) is 5.82. The molecule has 8 heteroatoms. The van der Waals surface area contributed by atoms with Crippen LogP contribution in [0.5, 0.6) is 0 Å². The molecule has 5 nitrogen and oxygen atoms in total. The average Bonchev–Trinajstić information content (AvgIpc) is 3.10. The Morgan fingerprint density at radius 1 is 1.13 bits per heavy atom. The fourth-order valence-corrected chi connectivity index (χ4v) is 3.78. The molecule has 2 aromatic heterocycles. The number of benzene rings is 2. The molecule has 0 saturated heterocycles. The lowest BCUT2D eigenvalue weighted by molar-refractivity contribution is -0.124. The number of hydrogen-bond acceptors (Lipinski definition) is 3. The van der Waals surface area contributed by atoms with Crippen LogP contribution in [0.2, 0.25) is 10.0 Å². The molecule has 0 unspecified atom stereocenters. The molecule has 1 atom stereocenters. The maximum Gasteiger partial charge on any atom is 0.243 e. The monoisotopic (exact) mass is 456 g/mol. The van der Waals surface area contributed by atoms with Crippen molar-refractivity contribution in [1.82, 2.24) is 19.9 Å². The first-order valence-corrected chi connectivity index (χ1v) is 10.5. The molecule has 0 saturated carbocycles. The van der Waals surface area contributed by atoms with Gasteiger partial charge in [0.15, 0.2) is 0 Å². The summed E-state index contributed by atoms with van der Waals surface area (Å²) in [5, 5.41) is 3.66. The van der Waals surface area contributed by atoms with Crippen molar-refractivity contribution in [1.29, 1.82) is 0 Å². The van der Waals surface area contributed by atoms with Gasteiger partial charge < -0.3 is 9.88 Å². The topological polar surface area (TPSA) is 59.8 Å². The molecule has 2 heterocycles. The van der Waals surface area contributed by atoms with Gasteiger partial charge in [-0.3, -0.25) is 9.78 Å². The molecule has 0 spiro atoms. The van der Waals surface area contributed by atoms with Crippen LogP contribution in [0.4, 0.5) is 4.39 Å². The van der Waals surface area contributed by atoms with Gasteiger partial charge in [0.2, 0.25) is 5.91 Å². The van der Waals surface area contributed by atoms with E-state index in [1.807, 2.05) is 12.1 Å². The minimum absolute atomic E-state index is 0.197. The number of fused-ring (bicyclic) bond motifs is 1. The molecule has 2 aromatic carbocycles. The van der Waals surface area contributed by atoms with E-state index < -0.39 is 6.04 Å². The largest absolute Gasteiger partial charge is 0.350 e. The fraction of sp³-hybridized carbons (Fsp3) is 0.174. The van der Waals surface area contributed by atoms with Crippen LogP contribution in [0.15, 0.2) is 60.9 Å². The summed E-state index contributed by atoms with van der Waals surface area (Å²) in [5.41, 5.74) is 2.68. The molecule has 0 aliphatic heterocycles. The Hall–Kier alpha value is -2.96. The van der Waals surface area contributed by atoms with Crippen molar-refractivity contribution in [2.75, 3.05) is 0 Å². The Kier molecular flexibility index (Phi) is 6.20. The molecular formula is C23H19Cl2FN4O. The zero-order chi connectivity index (χ0) is 22.0. The highest BCUT2D eigenvalue weighted by Gasteiger charge is 2.23. The van der Waals surface area contributed by atoms with E-state index >= 15 is 0 Å². The number of halogens is 3. The summed E-state index contributed by atoms with van der Waals surface area (Å²) >= 11 is 12.4. The van der Waals surface area contributed by atoms with Crippen LogP contribution in [0.25, 0.3) is 11.0 Å². The normalized spacial score (nSPS) is 12.1. The minimum atomic E-state index is -0.606. The van der Waals surface area contributed by atoms with E-state index in [0.717, 1.165) is 5.56 Å². The van der Waals surface area contributed by atoms with Crippen molar-refractivity contribution in [3.8, 4) is 0 Å². The SMILES string of the molecule is C[C@H](C(=O)NCc1ccncc1)n1c(Cc2ccccc2F)nc2cc(Cl)c(Cl)cc21. The summed E-state index contributed by atoms with van der Waals surface area (Å²) in [5.74, 6) is 0.0222. The molecule has 0 radical (unpaired) electrons. The van der Waals surface area contributed by atoms with Crippen molar-refractivity contribution >= 4 is 40.1 Å². The number of carbonyl (C=O) groups is 1. The lowest BCUT2D eigenvalue weighted by Gasteiger charge is -2.18. The molecule has 1 N–H and O–H groups in total. The number of rotatable bonds is 6. The number of nitrogens with one attached hydrogen (secondary N) is 1. The highest BCUT2D eigenvalue weighted by molar-refractivity contribution is 6.42. The molecule has 0 fully saturated rings. The van der Waals surface area contributed by atoms with Crippen LogP contribution in [-0.4, -0.2) is 20.4 Å². The van der Waals surface area contributed by atoms with Gasteiger partial charge in [0.25, 0.3) is 0 Å². The Bertz CT molecular complexity index is 1240. The van der Waals surface area contributed by atoms with Crippen LogP contribution < -0.4 is 5.32 Å². The van der Waals surface area contributed by atoms with Gasteiger partial charge in [-0.2, -0.15) is 0 Å². The lowest BCUT2D eigenvalue weighted by Crippen LogP contribution is -2.31. The molecule has 31 heavy (non-hydrogen) atoms. The van der Waals surface area contributed by atoms with Crippen molar-refractivity contribution < 1.29 is 9.18 Å². The minimum Gasteiger partial charge on any atom is -0.350 e. The van der Waals surface area contributed by atoms with Gasteiger partial charge in [-0.15, -0.1) is 0 Å². The smallest absolute Gasteiger partial charge is 0.243 e.